The average Bonchev–Trinajstić information content (AvgIpc) is 2.26. The van der Waals surface area contributed by atoms with Crippen LogP contribution in [0.2, 0.25) is 0 Å². The summed E-state index contributed by atoms with van der Waals surface area (Å²) in [6.45, 7) is 3.05. The Morgan fingerprint density at radius 2 is 2.27 bits per heavy atom. The van der Waals surface area contributed by atoms with Crippen molar-refractivity contribution in [3.63, 3.8) is 0 Å². The van der Waals surface area contributed by atoms with Gasteiger partial charge in [-0.05, 0) is 18.1 Å². The molecule has 1 aromatic carbocycles. The Bertz CT molecular complexity index is 353. The average molecular weight is 209 g/mol. The van der Waals surface area contributed by atoms with E-state index >= 15 is 0 Å². The van der Waals surface area contributed by atoms with E-state index < -0.39 is 4.92 Å². The number of nitro groups is 1. The van der Waals surface area contributed by atoms with Crippen molar-refractivity contribution in [2.24, 2.45) is 5.73 Å². The molecule has 0 bridgehead atoms. The number of hydrogen-bond donors (Lipinski definition) is 2. The largest absolute Gasteiger partial charge is 0.380 e. The quantitative estimate of drug-likeness (QED) is 0.573. The number of nitrogens with one attached hydrogen (secondary N) is 1. The highest BCUT2D eigenvalue weighted by Crippen LogP contribution is 2.25. The van der Waals surface area contributed by atoms with Gasteiger partial charge in [-0.3, -0.25) is 10.1 Å². The van der Waals surface area contributed by atoms with Crippen LogP contribution in [-0.4, -0.2) is 11.5 Å². The molecule has 3 N–H and O–H groups in total. The first-order chi connectivity index (χ1) is 7.19. The summed E-state index contributed by atoms with van der Waals surface area (Å²) in [5.41, 5.74) is 6.84. The summed E-state index contributed by atoms with van der Waals surface area (Å²) in [6.07, 6.45) is 0.926. The highest BCUT2D eigenvalue weighted by atomic mass is 16.6. The molecule has 82 valence electrons. The third kappa shape index (κ3) is 2.92. The molecule has 1 aromatic rings. The van der Waals surface area contributed by atoms with E-state index in [1.54, 1.807) is 12.1 Å². The second-order valence-corrected chi connectivity index (χ2v) is 3.24. The van der Waals surface area contributed by atoms with Crippen LogP contribution in [0.4, 0.5) is 11.4 Å². The van der Waals surface area contributed by atoms with Crippen LogP contribution < -0.4 is 11.1 Å². The van der Waals surface area contributed by atoms with Crippen molar-refractivity contribution in [3.05, 3.63) is 33.9 Å². The zero-order valence-electron chi connectivity index (χ0n) is 8.69. The van der Waals surface area contributed by atoms with E-state index in [-0.39, 0.29) is 5.69 Å². The third-order valence-corrected chi connectivity index (χ3v) is 2.06. The Balaban J connectivity index is 2.98. The normalized spacial score (nSPS) is 10.0. The van der Waals surface area contributed by atoms with Crippen LogP contribution in [0.5, 0.6) is 0 Å². The molecule has 5 nitrogen and oxygen atoms in total. The lowest BCUT2D eigenvalue weighted by atomic mass is 10.1. The van der Waals surface area contributed by atoms with Gasteiger partial charge >= 0.3 is 0 Å². The van der Waals surface area contributed by atoms with E-state index in [1.807, 2.05) is 6.92 Å². The van der Waals surface area contributed by atoms with Gasteiger partial charge in [0, 0.05) is 19.2 Å². The molecule has 0 unspecified atom stereocenters. The maximum absolute atomic E-state index is 10.8. The fourth-order valence-electron chi connectivity index (χ4n) is 1.26. The Labute approximate surface area is 88.4 Å². The van der Waals surface area contributed by atoms with E-state index in [0.717, 1.165) is 18.5 Å². The molecule has 0 saturated heterocycles. The molecule has 0 radical (unpaired) electrons. The molecule has 5 heteroatoms. The van der Waals surface area contributed by atoms with Crippen molar-refractivity contribution in [2.45, 2.75) is 19.9 Å². The third-order valence-electron chi connectivity index (χ3n) is 2.06. The summed E-state index contributed by atoms with van der Waals surface area (Å²) in [4.78, 5) is 10.4. The Kier molecular flexibility index (Phi) is 4.05. The maximum Gasteiger partial charge on any atom is 0.292 e. The van der Waals surface area contributed by atoms with Gasteiger partial charge in [-0.1, -0.05) is 13.0 Å². The van der Waals surface area contributed by atoms with E-state index in [4.69, 9.17) is 5.73 Å². The van der Waals surface area contributed by atoms with Gasteiger partial charge in [0.2, 0.25) is 0 Å². The number of rotatable bonds is 5. The van der Waals surface area contributed by atoms with Crippen molar-refractivity contribution >= 4 is 11.4 Å². The molecule has 1 rings (SSSR count). The minimum Gasteiger partial charge on any atom is -0.380 e. The molecule has 0 atom stereocenters. The molecule has 0 amide bonds. The van der Waals surface area contributed by atoms with Crippen LogP contribution in [-0.2, 0) is 6.54 Å². The number of nitrogens with zero attached hydrogens (tertiary/aromatic N) is 1. The van der Waals surface area contributed by atoms with Crippen LogP contribution in [0.25, 0.3) is 0 Å². The van der Waals surface area contributed by atoms with Crippen molar-refractivity contribution in [3.8, 4) is 0 Å². The first-order valence-corrected chi connectivity index (χ1v) is 4.90. The van der Waals surface area contributed by atoms with Crippen molar-refractivity contribution < 1.29 is 4.92 Å². The molecule has 0 aliphatic rings. The van der Waals surface area contributed by atoms with Gasteiger partial charge in [0.15, 0.2) is 0 Å². The number of hydrogen-bond acceptors (Lipinski definition) is 4. The smallest absolute Gasteiger partial charge is 0.292 e. The summed E-state index contributed by atoms with van der Waals surface area (Å²) >= 11 is 0. The molecule has 0 aliphatic carbocycles. The van der Waals surface area contributed by atoms with Crippen LogP contribution >= 0.6 is 0 Å². The molecule has 0 spiro atoms. The molecule has 15 heavy (non-hydrogen) atoms. The lowest BCUT2D eigenvalue weighted by Gasteiger charge is -2.06. The second-order valence-electron chi connectivity index (χ2n) is 3.24. The molecule has 0 heterocycles. The highest BCUT2D eigenvalue weighted by molar-refractivity contribution is 5.62. The van der Waals surface area contributed by atoms with Crippen molar-refractivity contribution in [1.29, 1.82) is 0 Å². The zero-order valence-corrected chi connectivity index (χ0v) is 8.69. The Morgan fingerprint density at radius 3 is 2.80 bits per heavy atom. The van der Waals surface area contributed by atoms with Gasteiger partial charge in [0.25, 0.3) is 5.69 Å². The van der Waals surface area contributed by atoms with Gasteiger partial charge in [0.1, 0.15) is 5.69 Å². The maximum atomic E-state index is 10.8. The number of anilines is 1. The summed E-state index contributed by atoms with van der Waals surface area (Å²) in [5, 5.41) is 13.8. The second kappa shape index (κ2) is 5.31. The van der Waals surface area contributed by atoms with Crippen molar-refractivity contribution in [1.82, 2.24) is 0 Å². The summed E-state index contributed by atoms with van der Waals surface area (Å²) in [6, 6.07) is 5.01. The number of benzene rings is 1. The van der Waals surface area contributed by atoms with Gasteiger partial charge in [-0.15, -0.1) is 0 Å². The van der Waals surface area contributed by atoms with Crippen LogP contribution in [0, 0.1) is 10.1 Å². The Hall–Kier alpha value is -1.62. The Morgan fingerprint density at radius 1 is 1.53 bits per heavy atom. The molecule has 0 fully saturated rings. The SMILES string of the molecule is CCCNc1ccc(CN)cc1[N+](=O)[O-]. The van der Waals surface area contributed by atoms with Gasteiger partial charge < -0.3 is 11.1 Å². The van der Waals surface area contributed by atoms with E-state index in [1.165, 1.54) is 6.07 Å². The predicted octanol–water partition coefficient (Wildman–Crippen LogP) is 1.88. The summed E-state index contributed by atoms with van der Waals surface area (Å²) in [7, 11) is 0. The molecular weight excluding hydrogens is 194 g/mol. The first kappa shape index (κ1) is 11.5. The molecule has 0 saturated carbocycles. The van der Waals surface area contributed by atoms with Crippen LogP contribution in [0.1, 0.15) is 18.9 Å². The minimum atomic E-state index is -0.392. The van der Waals surface area contributed by atoms with E-state index in [0.29, 0.717) is 12.2 Å². The first-order valence-electron chi connectivity index (χ1n) is 4.90. The minimum absolute atomic E-state index is 0.0893. The zero-order chi connectivity index (χ0) is 11.3. The van der Waals surface area contributed by atoms with Crippen molar-refractivity contribution in [2.75, 3.05) is 11.9 Å². The fourth-order valence-corrected chi connectivity index (χ4v) is 1.26. The molecule has 0 aromatic heterocycles. The lowest BCUT2D eigenvalue weighted by Crippen LogP contribution is -2.04. The predicted molar refractivity (Wildman–Crippen MR) is 59.8 cm³/mol. The van der Waals surface area contributed by atoms with Gasteiger partial charge in [0.05, 0.1) is 4.92 Å². The molecular formula is C10H15N3O2. The van der Waals surface area contributed by atoms with E-state index in [2.05, 4.69) is 5.32 Å². The highest BCUT2D eigenvalue weighted by Gasteiger charge is 2.13. The standard InChI is InChI=1S/C10H15N3O2/c1-2-5-12-9-4-3-8(7-11)6-10(9)13(14)15/h3-4,6,12H,2,5,7,11H2,1H3. The van der Waals surface area contributed by atoms with Gasteiger partial charge in [-0.2, -0.15) is 0 Å². The van der Waals surface area contributed by atoms with Crippen LogP contribution in [0.3, 0.4) is 0 Å². The molecule has 0 aliphatic heterocycles. The topological polar surface area (TPSA) is 81.2 Å². The van der Waals surface area contributed by atoms with Crippen LogP contribution in [0.15, 0.2) is 18.2 Å². The monoisotopic (exact) mass is 209 g/mol. The van der Waals surface area contributed by atoms with E-state index in [9.17, 15) is 10.1 Å². The number of nitrogens with two attached hydrogens (primary N) is 1. The van der Waals surface area contributed by atoms with Gasteiger partial charge in [-0.25, -0.2) is 0 Å². The number of nitro benzene ring substituents is 1. The summed E-state index contributed by atoms with van der Waals surface area (Å²) < 4.78 is 0. The lowest BCUT2D eigenvalue weighted by molar-refractivity contribution is -0.384. The fraction of sp³-hybridized carbons (Fsp3) is 0.400. The summed E-state index contributed by atoms with van der Waals surface area (Å²) in [5.74, 6) is 0.